The summed E-state index contributed by atoms with van der Waals surface area (Å²) in [5.41, 5.74) is 32.9. The lowest BCUT2D eigenvalue weighted by molar-refractivity contribution is 0.0677. The first-order valence-corrected chi connectivity index (χ1v) is 32.2. The van der Waals surface area contributed by atoms with Crippen LogP contribution in [0.3, 0.4) is 0 Å². The minimum absolute atomic E-state index is 0.00266. The molecule has 12 rings (SSSR count). The maximum atomic E-state index is 12.6. The van der Waals surface area contributed by atoms with Crippen molar-refractivity contribution in [2.75, 3.05) is 30.4 Å². The van der Waals surface area contributed by atoms with E-state index in [9.17, 15) is 44.1 Å². The largest absolute Gasteiger partial charge is 0.476 e. The second-order valence-electron chi connectivity index (χ2n) is 24.1. The highest BCUT2D eigenvalue weighted by Gasteiger charge is 2.31. The molecule has 494 valence electrons. The normalized spacial score (nSPS) is 13.5. The Kier molecular flexibility index (Phi) is 21.0. The molecule has 5 heterocycles. The van der Waals surface area contributed by atoms with Crippen LogP contribution in [0, 0.1) is 41.5 Å². The van der Waals surface area contributed by atoms with Gasteiger partial charge in [0.2, 0.25) is 0 Å². The monoisotopic (exact) mass is 1310 g/mol. The van der Waals surface area contributed by atoms with Gasteiger partial charge in [-0.15, -0.1) is 11.3 Å². The lowest BCUT2D eigenvalue weighted by atomic mass is 10.0. The van der Waals surface area contributed by atoms with Crippen LogP contribution in [0.2, 0.25) is 0 Å². The average molecular weight is 1310 g/mol. The molecule has 96 heavy (non-hydrogen) atoms. The first-order chi connectivity index (χ1) is 46.0. The summed E-state index contributed by atoms with van der Waals surface area (Å²) in [6, 6.07) is 42.8. The number of hydrogen-bond donors (Lipinski definition) is 9. The Morgan fingerprint density at radius 1 is 0.479 bits per heavy atom. The van der Waals surface area contributed by atoms with Gasteiger partial charge in [-0.3, -0.25) is 14.4 Å². The molecule has 23 heteroatoms. The summed E-state index contributed by atoms with van der Waals surface area (Å²) in [4.78, 5) is 74.0. The van der Waals surface area contributed by atoms with Crippen LogP contribution >= 0.6 is 11.3 Å². The molecule has 0 bridgehead atoms. The molecule has 1 aliphatic carbocycles. The topological polar surface area (TPSA) is 340 Å². The van der Waals surface area contributed by atoms with Gasteiger partial charge in [0.1, 0.15) is 5.69 Å². The van der Waals surface area contributed by atoms with E-state index >= 15 is 0 Å². The third-order valence-electron chi connectivity index (χ3n) is 17.1. The van der Waals surface area contributed by atoms with Crippen molar-refractivity contribution in [2.45, 2.75) is 105 Å². The van der Waals surface area contributed by atoms with E-state index in [1.54, 1.807) is 36.4 Å². The fourth-order valence-corrected chi connectivity index (χ4v) is 12.4. The number of anilines is 3. The van der Waals surface area contributed by atoms with Crippen LogP contribution in [-0.2, 0) is 24.4 Å². The summed E-state index contributed by atoms with van der Waals surface area (Å²) < 4.78 is 9.53. The molecule has 0 radical (unpaired) electrons. The van der Waals surface area contributed by atoms with Crippen molar-refractivity contribution < 1.29 is 48.8 Å². The zero-order valence-corrected chi connectivity index (χ0v) is 54.9. The Hall–Kier alpha value is -11.2. The summed E-state index contributed by atoms with van der Waals surface area (Å²) in [5, 5.41) is 53.3. The fourth-order valence-electron chi connectivity index (χ4n) is 11.7. The van der Waals surface area contributed by atoms with E-state index in [4.69, 9.17) is 21.9 Å². The van der Waals surface area contributed by atoms with Crippen LogP contribution in [0.5, 0.6) is 0 Å². The van der Waals surface area contributed by atoms with Crippen molar-refractivity contribution in [3.63, 3.8) is 0 Å². The van der Waals surface area contributed by atoms with E-state index in [1.807, 2.05) is 150 Å². The lowest BCUT2D eigenvalue weighted by Gasteiger charge is -2.10. The molecule has 2 fully saturated rings. The van der Waals surface area contributed by atoms with Crippen LogP contribution in [0.1, 0.15) is 168 Å². The summed E-state index contributed by atoms with van der Waals surface area (Å²) in [6.45, 7) is 13.8. The van der Waals surface area contributed by atoms with E-state index in [-0.39, 0.29) is 63.7 Å². The minimum atomic E-state index is -1.15. The molecule has 12 N–H and O–H groups in total. The zero-order valence-electron chi connectivity index (χ0n) is 54.1. The number of benzene rings is 6. The third kappa shape index (κ3) is 15.4. The number of nitrogen functional groups attached to an aromatic ring is 3. The van der Waals surface area contributed by atoms with Gasteiger partial charge in [0.15, 0.2) is 17.1 Å². The number of carbonyl (C=O) groups is 6. The molecule has 10 aromatic rings. The highest BCUT2D eigenvalue weighted by molar-refractivity contribution is 7.13. The Balaban J connectivity index is 0.000000157. The first kappa shape index (κ1) is 67.7. The van der Waals surface area contributed by atoms with E-state index in [0.29, 0.717) is 83.7 Å². The van der Waals surface area contributed by atoms with Crippen LogP contribution < -0.4 is 33.2 Å². The molecule has 1 saturated carbocycles. The van der Waals surface area contributed by atoms with Crippen molar-refractivity contribution in [3.05, 3.63) is 240 Å². The van der Waals surface area contributed by atoms with Gasteiger partial charge in [0.05, 0.1) is 57.0 Å². The van der Waals surface area contributed by atoms with Gasteiger partial charge in [0.25, 0.3) is 17.7 Å². The van der Waals surface area contributed by atoms with Gasteiger partial charge in [-0.1, -0.05) is 108 Å². The average Bonchev–Trinajstić information content (AvgIpc) is 1.65. The maximum absolute atomic E-state index is 12.6. The Morgan fingerprint density at radius 2 is 0.844 bits per heavy atom. The number of aryl methyl sites for hydroxylation is 6. The number of ether oxygens (including phenoxy) is 1. The van der Waals surface area contributed by atoms with E-state index in [1.165, 1.54) is 25.4 Å². The molecule has 0 spiro atoms. The molecule has 3 amide bonds. The SMILES string of the molecule is Cc1ccc(C)c(C(=O)NCc2ccc(-n3nc(-c4cccs4)c(N)c3C(=O)O)cc2)c1.Cc1ccc(C)c(C(=O)NCc2ccc(-n3nc(C4CCCC4)c(N)c3C(=O)O)cc2)c1.Cc1ccc(C)c(C(=O)NCc2ccc(-n3nc(C4CCOC4)c(N)c3C(=O)O)cc2)c1. The molecule has 1 saturated heterocycles. The lowest BCUT2D eigenvalue weighted by Crippen LogP contribution is -2.23. The molecular formula is C73H76N12O10S. The third-order valence-corrected chi connectivity index (χ3v) is 17.9. The summed E-state index contributed by atoms with van der Waals surface area (Å²) in [5.74, 6) is -3.56. The summed E-state index contributed by atoms with van der Waals surface area (Å²) >= 11 is 1.44. The molecule has 1 aliphatic heterocycles. The minimum Gasteiger partial charge on any atom is -0.476 e. The highest BCUT2D eigenvalue weighted by atomic mass is 32.1. The van der Waals surface area contributed by atoms with Crippen LogP contribution in [-0.4, -0.2) is 93.5 Å². The standard InChI is InChI=1S/C25H28N4O3.C24H26N4O4.C24H22N4O3S/c1-15-7-8-16(2)20(13-15)24(30)27-14-17-9-11-19(12-10-17)29-23(25(31)32)21(26)22(28-29)18-5-3-4-6-18;1-14-3-4-15(2)19(11-14)23(29)26-12-16-5-7-18(8-6-16)28-22(24(30)31)20(25)21(27-28)17-9-10-32-13-17;1-14-5-6-15(2)18(12-14)23(29)26-13-16-7-9-17(10-8-16)28-22(24(30)31)20(25)21(27-28)19-4-3-11-32-19/h7-13,18H,3-6,14,26H2,1-2H3,(H,27,30)(H,31,32);3-8,11,17H,9-10,12-13,25H2,1-2H3,(H,26,29)(H,30,31);3-12H,13,25H2,1-2H3,(H,26,29)(H,30,31). The van der Waals surface area contributed by atoms with Crippen LogP contribution in [0.4, 0.5) is 17.1 Å². The molecule has 2 aliphatic rings. The second-order valence-corrected chi connectivity index (χ2v) is 25.0. The van der Waals surface area contributed by atoms with Gasteiger partial charge in [0, 0.05) is 54.8 Å². The van der Waals surface area contributed by atoms with E-state index < -0.39 is 17.9 Å². The number of amides is 3. The number of nitrogens with two attached hydrogens (primary N) is 3. The Morgan fingerprint density at radius 3 is 1.19 bits per heavy atom. The number of aromatic nitrogens is 6. The second kappa shape index (κ2) is 29.8. The molecule has 1 atom stereocenters. The maximum Gasteiger partial charge on any atom is 0.356 e. The van der Waals surface area contributed by atoms with Crippen LogP contribution in [0.15, 0.2) is 145 Å². The molecule has 6 aromatic carbocycles. The van der Waals surface area contributed by atoms with Gasteiger partial charge < -0.3 is 53.2 Å². The smallest absolute Gasteiger partial charge is 0.356 e. The van der Waals surface area contributed by atoms with Gasteiger partial charge in [-0.25, -0.2) is 28.4 Å². The number of hydrogen-bond acceptors (Lipinski definition) is 14. The zero-order chi connectivity index (χ0) is 68.5. The number of rotatable bonds is 18. The van der Waals surface area contributed by atoms with Gasteiger partial charge in [-0.05, 0) is 160 Å². The quantitative estimate of drug-likeness (QED) is 0.0385. The number of nitrogens with one attached hydrogen (secondary N) is 3. The molecule has 4 aromatic heterocycles. The number of nitrogens with zero attached hydrogens (tertiary/aromatic N) is 6. The summed E-state index contributed by atoms with van der Waals surface area (Å²) in [6.07, 6.45) is 4.96. The number of carboxylic acid groups (broad SMARTS) is 3. The first-order valence-electron chi connectivity index (χ1n) is 31.4. The number of thiophene rings is 1. The van der Waals surface area contributed by atoms with Crippen LogP contribution in [0.25, 0.3) is 27.6 Å². The van der Waals surface area contributed by atoms with Gasteiger partial charge in [-0.2, -0.15) is 15.3 Å². The summed E-state index contributed by atoms with van der Waals surface area (Å²) in [7, 11) is 0. The number of carbonyl (C=O) groups excluding carboxylic acids is 3. The molecular weight excluding hydrogens is 1240 g/mol. The van der Waals surface area contributed by atoms with Crippen molar-refractivity contribution >= 4 is 64.0 Å². The van der Waals surface area contributed by atoms with E-state index in [2.05, 4.69) is 31.2 Å². The Bertz CT molecular complexity index is 4340. The van der Waals surface area contributed by atoms with Gasteiger partial charge >= 0.3 is 17.9 Å². The Labute approximate surface area is 558 Å². The number of carboxylic acids is 3. The predicted molar refractivity (Wildman–Crippen MR) is 369 cm³/mol. The predicted octanol–water partition coefficient (Wildman–Crippen LogP) is 12.0. The van der Waals surface area contributed by atoms with Crippen molar-refractivity contribution in [3.8, 4) is 27.6 Å². The van der Waals surface area contributed by atoms with Crippen molar-refractivity contribution in [1.29, 1.82) is 0 Å². The highest BCUT2D eigenvalue weighted by Crippen LogP contribution is 2.39. The van der Waals surface area contributed by atoms with Crippen molar-refractivity contribution in [2.24, 2.45) is 0 Å². The number of aromatic carboxylic acids is 3. The molecule has 1 unspecified atom stereocenters. The van der Waals surface area contributed by atoms with E-state index in [0.717, 1.165) is 87.1 Å². The fraction of sp³-hybridized carbons (Fsp3) is 0.247. The molecule has 22 nitrogen and oxygen atoms in total. The van der Waals surface area contributed by atoms with Crippen molar-refractivity contribution in [1.82, 2.24) is 45.3 Å².